The van der Waals surface area contributed by atoms with Gasteiger partial charge in [-0.2, -0.15) is 0 Å². The third kappa shape index (κ3) is 4.71. The Morgan fingerprint density at radius 3 is 2.22 bits per heavy atom. The van der Waals surface area contributed by atoms with Crippen LogP contribution in [0.25, 0.3) is 10.8 Å². The van der Waals surface area contributed by atoms with Crippen LogP contribution in [0.4, 0.5) is 4.79 Å². The highest BCUT2D eigenvalue weighted by molar-refractivity contribution is 6.09. The van der Waals surface area contributed by atoms with Gasteiger partial charge in [0, 0.05) is 13.1 Å². The second-order valence-corrected chi connectivity index (χ2v) is 9.46. The molecule has 1 N–H and O–H groups in total. The average Bonchev–Trinajstić information content (AvgIpc) is 2.95. The van der Waals surface area contributed by atoms with Crippen molar-refractivity contribution < 1.29 is 19.1 Å². The van der Waals surface area contributed by atoms with Crippen molar-refractivity contribution in [3.8, 4) is 5.75 Å². The Labute approximate surface area is 189 Å². The third-order valence-electron chi connectivity index (χ3n) is 5.72. The molecule has 1 aliphatic rings. The first kappa shape index (κ1) is 23.6. The topological polar surface area (TPSA) is 79.0 Å². The number of fused-ring (bicyclic) bond motifs is 1. The summed E-state index contributed by atoms with van der Waals surface area (Å²) in [6.07, 6.45) is 0. The van der Waals surface area contributed by atoms with Crippen LogP contribution < -0.4 is 10.1 Å². The Kier molecular flexibility index (Phi) is 6.77. The Balaban J connectivity index is 1.84. The quantitative estimate of drug-likeness (QED) is 0.636. The number of amides is 4. The molecule has 32 heavy (non-hydrogen) atoms. The van der Waals surface area contributed by atoms with Crippen LogP contribution in [0.2, 0.25) is 0 Å². The number of carbonyl (C=O) groups is 3. The van der Waals surface area contributed by atoms with Crippen molar-refractivity contribution in [1.29, 1.82) is 0 Å². The number of methoxy groups -OCH3 is 1. The number of hydrogen-bond acceptors (Lipinski definition) is 4. The van der Waals surface area contributed by atoms with Gasteiger partial charge in [-0.1, -0.05) is 45.9 Å². The van der Waals surface area contributed by atoms with Crippen LogP contribution in [0.1, 0.15) is 40.2 Å². The van der Waals surface area contributed by atoms with Gasteiger partial charge in [-0.25, -0.2) is 4.79 Å². The summed E-state index contributed by atoms with van der Waals surface area (Å²) < 4.78 is 5.27. The summed E-state index contributed by atoms with van der Waals surface area (Å²) in [6, 6.07) is 10.8. The molecule has 1 fully saturated rings. The molecule has 3 rings (SSSR count). The molecule has 0 radical (unpaired) electrons. The smallest absolute Gasteiger partial charge is 0.325 e. The van der Waals surface area contributed by atoms with Crippen molar-refractivity contribution >= 4 is 28.6 Å². The van der Waals surface area contributed by atoms with Crippen LogP contribution in [0.5, 0.6) is 5.75 Å². The molecule has 0 spiro atoms. The van der Waals surface area contributed by atoms with Crippen molar-refractivity contribution in [1.82, 2.24) is 15.1 Å². The lowest BCUT2D eigenvalue weighted by Gasteiger charge is -2.28. The predicted molar refractivity (Wildman–Crippen MR) is 124 cm³/mol. The largest absolute Gasteiger partial charge is 0.497 e. The molecule has 0 aromatic heterocycles. The number of benzene rings is 2. The summed E-state index contributed by atoms with van der Waals surface area (Å²) >= 11 is 0. The molecule has 1 atom stereocenters. The van der Waals surface area contributed by atoms with E-state index in [4.69, 9.17) is 4.74 Å². The van der Waals surface area contributed by atoms with E-state index in [-0.39, 0.29) is 12.5 Å². The molecule has 172 valence electrons. The monoisotopic (exact) mass is 439 g/mol. The van der Waals surface area contributed by atoms with Gasteiger partial charge < -0.3 is 15.0 Å². The highest BCUT2D eigenvalue weighted by Gasteiger charge is 2.49. The summed E-state index contributed by atoms with van der Waals surface area (Å²) in [4.78, 5) is 41.8. The van der Waals surface area contributed by atoms with E-state index >= 15 is 0 Å². The van der Waals surface area contributed by atoms with Crippen molar-refractivity contribution in [3.05, 3.63) is 42.0 Å². The van der Waals surface area contributed by atoms with Gasteiger partial charge in [0.1, 0.15) is 17.8 Å². The number of carbonyl (C=O) groups excluding carboxylic acids is 3. The summed E-state index contributed by atoms with van der Waals surface area (Å²) in [7, 11) is 1.61. The number of hydrogen-bond donors (Lipinski definition) is 1. The first-order valence-electron chi connectivity index (χ1n) is 11.0. The van der Waals surface area contributed by atoms with Crippen LogP contribution in [0, 0.1) is 11.8 Å². The first-order valence-corrected chi connectivity index (χ1v) is 11.0. The lowest BCUT2D eigenvalue weighted by molar-refractivity contribution is -0.139. The second kappa shape index (κ2) is 9.18. The summed E-state index contributed by atoms with van der Waals surface area (Å²) in [5.41, 5.74) is -0.559. The molecule has 2 aromatic carbocycles. The van der Waals surface area contributed by atoms with Gasteiger partial charge in [-0.15, -0.1) is 0 Å². The fourth-order valence-corrected chi connectivity index (χ4v) is 4.09. The maximum absolute atomic E-state index is 13.3. The van der Waals surface area contributed by atoms with Crippen LogP contribution in [-0.2, 0) is 15.1 Å². The van der Waals surface area contributed by atoms with Crippen LogP contribution >= 0.6 is 0 Å². The lowest BCUT2D eigenvalue weighted by atomic mass is 9.90. The molecular weight excluding hydrogens is 406 g/mol. The minimum Gasteiger partial charge on any atom is -0.497 e. The Morgan fingerprint density at radius 2 is 1.62 bits per heavy atom. The fourth-order valence-electron chi connectivity index (χ4n) is 4.09. The van der Waals surface area contributed by atoms with Gasteiger partial charge in [0.05, 0.1) is 7.11 Å². The summed E-state index contributed by atoms with van der Waals surface area (Å²) in [6.45, 7) is 10.8. The van der Waals surface area contributed by atoms with Crippen molar-refractivity contribution in [3.63, 3.8) is 0 Å². The standard InChI is InChI=1S/C25H33N3O4/c1-16(2)13-27(14-17(3)4)22(29)15-28-23(30)25(5,26-24(28)31)20-9-7-19-12-21(32-6)10-8-18(19)11-20/h7-12,16-17H,13-15H2,1-6H3,(H,26,31)/t25-/m0/s1. The number of rotatable bonds is 8. The van der Waals surface area contributed by atoms with E-state index in [1.807, 2.05) is 64.1 Å². The minimum atomic E-state index is -1.23. The first-order chi connectivity index (χ1) is 15.0. The zero-order chi connectivity index (χ0) is 23.6. The number of nitrogens with zero attached hydrogens (tertiary/aromatic N) is 2. The number of urea groups is 1. The van der Waals surface area contributed by atoms with E-state index in [9.17, 15) is 14.4 Å². The maximum atomic E-state index is 13.3. The van der Waals surface area contributed by atoms with E-state index in [1.165, 1.54) is 0 Å². The second-order valence-electron chi connectivity index (χ2n) is 9.46. The summed E-state index contributed by atoms with van der Waals surface area (Å²) in [5, 5.41) is 4.70. The van der Waals surface area contributed by atoms with Gasteiger partial charge in [0.2, 0.25) is 5.91 Å². The van der Waals surface area contributed by atoms with Crippen molar-refractivity contribution in [2.75, 3.05) is 26.7 Å². The minimum absolute atomic E-state index is 0.217. The molecule has 1 saturated heterocycles. The van der Waals surface area contributed by atoms with E-state index in [0.29, 0.717) is 30.5 Å². The zero-order valence-corrected chi connectivity index (χ0v) is 19.8. The van der Waals surface area contributed by atoms with E-state index in [0.717, 1.165) is 21.4 Å². The number of imide groups is 1. The molecule has 0 unspecified atom stereocenters. The molecule has 2 aromatic rings. The average molecular weight is 440 g/mol. The Morgan fingerprint density at radius 1 is 1.03 bits per heavy atom. The zero-order valence-electron chi connectivity index (χ0n) is 19.8. The molecular formula is C25H33N3O4. The highest BCUT2D eigenvalue weighted by Crippen LogP contribution is 2.32. The molecule has 4 amide bonds. The van der Waals surface area contributed by atoms with Crippen molar-refractivity contribution in [2.45, 2.75) is 40.2 Å². The maximum Gasteiger partial charge on any atom is 0.325 e. The van der Waals surface area contributed by atoms with Gasteiger partial charge in [-0.3, -0.25) is 14.5 Å². The number of nitrogens with one attached hydrogen (secondary N) is 1. The molecule has 0 saturated carbocycles. The normalized spacial score (nSPS) is 18.6. The Hall–Kier alpha value is -3.09. The van der Waals surface area contributed by atoms with E-state index in [2.05, 4.69) is 5.32 Å². The molecule has 0 aliphatic carbocycles. The summed E-state index contributed by atoms with van der Waals surface area (Å²) in [5.74, 6) is 0.701. The van der Waals surface area contributed by atoms with Crippen LogP contribution in [-0.4, -0.2) is 54.4 Å². The van der Waals surface area contributed by atoms with Crippen LogP contribution in [0.3, 0.4) is 0 Å². The Bertz CT molecular complexity index is 1020. The van der Waals surface area contributed by atoms with E-state index in [1.54, 1.807) is 18.9 Å². The lowest BCUT2D eigenvalue weighted by Crippen LogP contribution is -2.46. The molecule has 7 heteroatoms. The highest BCUT2D eigenvalue weighted by atomic mass is 16.5. The van der Waals surface area contributed by atoms with Gasteiger partial charge in [0.25, 0.3) is 5.91 Å². The van der Waals surface area contributed by atoms with Crippen molar-refractivity contribution in [2.24, 2.45) is 11.8 Å². The van der Waals surface area contributed by atoms with Gasteiger partial charge >= 0.3 is 6.03 Å². The predicted octanol–water partition coefficient (Wildman–Crippen LogP) is 3.76. The molecule has 1 heterocycles. The third-order valence-corrected chi connectivity index (χ3v) is 5.72. The number of ether oxygens (including phenoxy) is 1. The van der Waals surface area contributed by atoms with Gasteiger partial charge in [0.15, 0.2) is 0 Å². The van der Waals surface area contributed by atoms with Gasteiger partial charge in [-0.05, 0) is 53.3 Å². The van der Waals surface area contributed by atoms with E-state index < -0.39 is 17.5 Å². The SMILES string of the molecule is COc1ccc2cc([C@]3(C)NC(=O)N(CC(=O)N(CC(C)C)CC(C)C)C3=O)ccc2c1. The van der Waals surface area contributed by atoms with Crippen LogP contribution in [0.15, 0.2) is 36.4 Å². The fraction of sp³-hybridized carbons (Fsp3) is 0.480. The molecule has 0 bridgehead atoms. The molecule has 7 nitrogen and oxygen atoms in total. The molecule has 1 aliphatic heterocycles.